The first-order valence-corrected chi connectivity index (χ1v) is 9.05. The molecule has 0 aliphatic carbocycles. The molecule has 7 nitrogen and oxygen atoms in total. The number of anilines is 1. The van der Waals surface area contributed by atoms with E-state index in [0.29, 0.717) is 37.7 Å². The molecule has 24 heavy (non-hydrogen) atoms. The van der Waals surface area contributed by atoms with Crippen LogP contribution in [-0.2, 0) is 10.0 Å². The van der Waals surface area contributed by atoms with Gasteiger partial charge in [0.05, 0.1) is 4.90 Å². The van der Waals surface area contributed by atoms with E-state index in [1.54, 1.807) is 30.6 Å². The summed E-state index contributed by atoms with van der Waals surface area (Å²) in [7, 11) is -3.61. The van der Waals surface area contributed by atoms with Gasteiger partial charge >= 0.3 is 0 Å². The third-order valence-electron chi connectivity index (χ3n) is 3.95. The van der Waals surface area contributed by atoms with Gasteiger partial charge in [-0.25, -0.2) is 18.4 Å². The van der Waals surface area contributed by atoms with Crippen molar-refractivity contribution in [2.45, 2.75) is 11.8 Å². The minimum Gasteiger partial charge on any atom is -0.338 e. The molecule has 0 amide bonds. The number of Topliss-reactive ketones (excluding diaryl/α,β-unsaturated/α-hetero) is 1. The average Bonchev–Trinajstić information content (AvgIpc) is 2.62. The Kier molecular flexibility index (Phi) is 4.59. The van der Waals surface area contributed by atoms with Gasteiger partial charge in [0.2, 0.25) is 16.0 Å². The van der Waals surface area contributed by atoms with Gasteiger partial charge in [-0.3, -0.25) is 4.79 Å². The van der Waals surface area contributed by atoms with Crippen molar-refractivity contribution >= 4 is 21.8 Å². The molecule has 0 radical (unpaired) electrons. The van der Waals surface area contributed by atoms with E-state index in [1.165, 1.54) is 23.4 Å². The van der Waals surface area contributed by atoms with E-state index in [2.05, 4.69) is 9.97 Å². The highest BCUT2D eigenvalue weighted by Crippen LogP contribution is 2.20. The summed E-state index contributed by atoms with van der Waals surface area (Å²) in [5.74, 6) is 0.450. The summed E-state index contributed by atoms with van der Waals surface area (Å²) in [6.45, 7) is 3.17. The molecule has 0 spiro atoms. The molecule has 0 N–H and O–H groups in total. The third kappa shape index (κ3) is 3.29. The molecule has 1 saturated heterocycles. The van der Waals surface area contributed by atoms with Crippen LogP contribution in [-0.4, -0.2) is 54.7 Å². The molecule has 2 heterocycles. The summed E-state index contributed by atoms with van der Waals surface area (Å²) in [6, 6.07) is 7.91. The number of carbonyl (C=O) groups is 1. The number of hydrogen-bond donors (Lipinski definition) is 0. The monoisotopic (exact) mass is 346 g/mol. The van der Waals surface area contributed by atoms with Crippen LogP contribution in [0.5, 0.6) is 0 Å². The zero-order valence-electron chi connectivity index (χ0n) is 13.3. The van der Waals surface area contributed by atoms with E-state index in [4.69, 9.17) is 0 Å². The average molecular weight is 346 g/mol. The molecular formula is C16H18N4O3S. The first-order chi connectivity index (χ1) is 11.5. The van der Waals surface area contributed by atoms with Gasteiger partial charge < -0.3 is 4.90 Å². The zero-order chi connectivity index (χ0) is 17.2. The van der Waals surface area contributed by atoms with Gasteiger partial charge in [0.25, 0.3) is 0 Å². The Morgan fingerprint density at radius 2 is 1.71 bits per heavy atom. The first-order valence-electron chi connectivity index (χ1n) is 7.61. The first kappa shape index (κ1) is 16.5. The Morgan fingerprint density at radius 1 is 1.04 bits per heavy atom. The number of carbonyl (C=O) groups excluding carboxylic acids is 1. The maximum absolute atomic E-state index is 12.8. The SMILES string of the molecule is CC(=O)c1cccc(S(=O)(=O)N2CCN(c3ncccn3)CC2)c1. The van der Waals surface area contributed by atoms with Gasteiger partial charge in [-0.1, -0.05) is 12.1 Å². The lowest BCUT2D eigenvalue weighted by molar-refractivity contribution is 0.101. The van der Waals surface area contributed by atoms with E-state index in [-0.39, 0.29) is 10.7 Å². The van der Waals surface area contributed by atoms with Crippen molar-refractivity contribution in [2.24, 2.45) is 0 Å². The summed E-state index contributed by atoms with van der Waals surface area (Å²) in [5, 5.41) is 0. The Hall–Kier alpha value is -2.32. The molecule has 1 fully saturated rings. The number of sulfonamides is 1. The molecule has 1 aromatic carbocycles. The third-order valence-corrected chi connectivity index (χ3v) is 5.85. The quantitative estimate of drug-likeness (QED) is 0.773. The highest BCUT2D eigenvalue weighted by molar-refractivity contribution is 7.89. The van der Waals surface area contributed by atoms with Gasteiger partial charge in [0.15, 0.2) is 5.78 Å². The minimum absolute atomic E-state index is 0.152. The lowest BCUT2D eigenvalue weighted by Gasteiger charge is -2.33. The smallest absolute Gasteiger partial charge is 0.243 e. The summed E-state index contributed by atoms with van der Waals surface area (Å²) in [6.07, 6.45) is 3.33. The van der Waals surface area contributed by atoms with E-state index < -0.39 is 10.0 Å². The van der Waals surface area contributed by atoms with Gasteiger partial charge in [0, 0.05) is 44.1 Å². The molecule has 2 aromatic rings. The van der Waals surface area contributed by atoms with Crippen molar-refractivity contribution in [3.05, 3.63) is 48.3 Å². The summed E-state index contributed by atoms with van der Waals surface area (Å²) in [5.41, 5.74) is 0.396. The highest BCUT2D eigenvalue weighted by Gasteiger charge is 2.29. The van der Waals surface area contributed by atoms with Crippen LogP contribution in [0.15, 0.2) is 47.6 Å². The number of hydrogen-bond acceptors (Lipinski definition) is 6. The molecule has 1 aliphatic rings. The van der Waals surface area contributed by atoms with E-state index in [9.17, 15) is 13.2 Å². The largest absolute Gasteiger partial charge is 0.338 e. The Labute approximate surface area is 141 Å². The molecule has 8 heteroatoms. The number of piperazine rings is 1. The van der Waals surface area contributed by atoms with Crippen LogP contribution in [0, 0.1) is 0 Å². The fourth-order valence-corrected chi connectivity index (χ4v) is 4.08. The van der Waals surface area contributed by atoms with Crippen molar-refractivity contribution in [3.8, 4) is 0 Å². The van der Waals surface area contributed by atoms with E-state index >= 15 is 0 Å². The lowest BCUT2D eigenvalue weighted by Crippen LogP contribution is -2.49. The molecule has 1 aromatic heterocycles. The van der Waals surface area contributed by atoms with Gasteiger partial charge in [-0.05, 0) is 25.1 Å². The number of aromatic nitrogens is 2. The molecule has 3 rings (SSSR count). The van der Waals surface area contributed by atoms with Crippen molar-refractivity contribution in [1.29, 1.82) is 0 Å². The summed E-state index contributed by atoms with van der Waals surface area (Å²) in [4.78, 5) is 22.0. The number of benzene rings is 1. The van der Waals surface area contributed by atoms with E-state index in [0.717, 1.165) is 0 Å². The molecule has 0 unspecified atom stereocenters. The number of rotatable bonds is 4. The standard InChI is InChI=1S/C16H18N4O3S/c1-13(21)14-4-2-5-15(12-14)24(22,23)20-10-8-19(9-11-20)16-17-6-3-7-18-16/h2-7,12H,8-11H2,1H3. The van der Waals surface area contributed by atoms with Crippen LogP contribution in [0.25, 0.3) is 0 Å². The van der Waals surface area contributed by atoms with Crippen LogP contribution >= 0.6 is 0 Å². The zero-order valence-corrected chi connectivity index (χ0v) is 14.1. The van der Waals surface area contributed by atoms with Gasteiger partial charge in [-0.15, -0.1) is 0 Å². The topological polar surface area (TPSA) is 83.5 Å². The lowest BCUT2D eigenvalue weighted by atomic mass is 10.2. The Bertz CT molecular complexity index is 831. The predicted octanol–water partition coefficient (Wildman–Crippen LogP) is 1.19. The normalized spacial score (nSPS) is 16.1. The molecule has 1 aliphatic heterocycles. The highest BCUT2D eigenvalue weighted by atomic mass is 32.2. The van der Waals surface area contributed by atoms with Gasteiger partial charge in [-0.2, -0.15) is 4.31 Å². The molecule has 0 bridgehead atoms. The minimum atomic E-state index is -3.61. The van der Waals surface area contributed by atoms with Crippen LogP contribution in [0.4, 0.5) is 5.95 Å². The van der Waals surface area contributed by atoms with Crippen LogP contribution in [0.3, 0.4) is 0 Å². The number of nitrogens with zero attached hydrogens (tertiary/aromatic N) is 4. The van der Waals surface area contributed by atoms with Crippen LogP contribution in [0.2, 0.25) is 0 Å². The Morgan fingerprint density at radius 3 is 2.33 bits per heavy atom. The maximum Gasteiger partial charge on any atom is 0.243 e. The maximum atomic E-state index is 12.8. The number of ketones is 1. The second-order valence-corrected chi connectivity index (χ2v) is 7.46. The van der Waals surface area contributed by atoms with Crippen molar-refractivity contribution in [1.82, 2.24) is 14.3 Å². The molecule has 0 saturated carbocycles. The predicted molar refractivity (Wildman–Crippen MR) is 89.5 cm³/mol. The molecule has 0 atom stereocenters. The molecule has 126 valence electrons. The second-order valence-electron chi connectivity index (χ2n) is 5.52. The van der Waals surface area contributed by atoms with E-state index in [1.807, 2.05) is 4.90 Å². The summed E-state index contributed by atoms with van der Waals surface area (Å²) >= 11 is 0. The fourth-order valence-electron chi connectivity index (χ4n) is 2.61. The Balaban J connectivity index is 1.75. The van der Waals surface area contributed by atoms with Crippen molar-refractivity contribution in [2.75, 3.05) is 31.1 Å². The van der Waals surface area contributed by atoms with Gasteiger partial charge in [0.1, 0.15) is 0 Å². The summed E-state index contributed by atoms with van der Waals surface area (Å²) < 4.78 is 27.0. The van der Waals surface area contributed by atoms with Crippen LogP contribution < -0.4 is 4.90 Å². The second kappa shape index (κ2) is 6.66. The fraction of sp³-hybridized carbons (Fsp3) is 0.312. The molecular weight excluding hydrogens is 328 g/mol. The van der Waals surface area contributed by atoms with Crippen molar-refractivity contribution < 1.29 is 13.2 Å². The van der Waals surface area contributed by atoms with Crippen molar-refractivity contribution in [3.63, 3.8) is 0 Å². The van der Waals surface area contributed by atoms with Crippen LogP contribution in [0.1, 0.15) is 17.3 Å².